The van der Waals surface area contributed by atoms with Crippen molar-refractivity contribution in [3.63, 3.8) is 0 Å². The first-order valence-electron chi connectivity index (χ1n) is 17.5. The van der Waals surface area contributed by atoms with Gasteiger partial charge in [0, 0.05) is 27.6 Å². The number of benzene rings is 8. The van der Waals surface area contributed by atoms with Crippen LogP contribution in [0.5, 0.6) is 0 Å². The van der Waals surface area contributed by atoms with Gasteiger partial charge < -0.3 is 4.57 Å². The standard InChI is InChI=1S/C49H32N2/c1-2-12-33(13-3-1)38-31-46(50-47(32-38)45-30-37-14-4-5-15-40(37)41-16-6-7-17-42(41)45)36-24-22-34(23-25-36)35-26-28-39(29-27-35)51-48-20-10-8-18-43(48)44-19-9-11-21-49(44)51/h1-32H. The third kappa shape index (κ3) is 5.00. The molecule has 0 aliphatic rings. The normalized spacial score (nSPS) is 11.5. The van der Waals surface area contributed by atoms with Crippen LogP contribution in [0.25, 0.3) is 93.8 Å². The lowest BCUT2D eigenvalue weighted by Gasteiger charge is -2.14. The van der Waals surface area contributed by atoms with Crippen molar-refractivity contribution in [2.75, 3.05) is 0 Å². The summed E-state index contributed by atoms with van der Waals surface area (Å²) in [4.78, 5) is 5.35. The first-order valence-corrected chi connectivity index (χ1v) is 17.5. The number of aromatic nitrogens is 2. The van der Waals surface area contributed by atoms with Crippen LogP contribution in [0.4, 0.5) is 0 Å². The second kappa shape index (κ2) is 12.0. The zero-order chi connectivity index (χ0) is 33.7. The third-order valence-electron chi connectivity index (χ3n) is 10.2. The molecule has 0 bridgehead atoms. The molecule has 0 N–H and O–H groups in total. The molecule has 238 valence electrons. The zero-order valence-corrected chi connectivity index (χ0v) is 27.9. The van der Waals surface area contributed by atoms with Crippen molar-refractivity contribution in [2.45, 2.75) is 0 Å². The van der Waals surface area contributed by atoms with Crippen LogP contribution in [0.1, 0.15) is 0 Å². The summed E-state index contributed by atoms with van der Waals surface area (Å²) >= 11 is 0. The Morgan fingerprint density at radius 3 is 1.49 bits per heavy atom. The van der Waals surface area contributed by atoms with Crippen molar-refractivity contribution in [3.05, 3.63) is 194 Å². The first-order chi connectivity index (χ1) is 25.3. The van der Waals surface area contributed by atoms with E-state index in [2.05, 4.69) is 199 Å². The Hall–Kier alpha value is -6.77. The van der Waals surface area contributed by atoms with Crippen molar-refractivity contribution in [1.29, 1.82) is 0 Å². The Morgan fingerprint density at radius 1 is 0.314 bits per heavy atom. The number of hydrogen-bond donors (Lipinski definition) is 0. The van der Waals surface area contributed by atoms with Crippen LogP contribution in [0.2, 0.25) is 0 Å². The van der Waals surface area contributed by atoms with Gasteiger partial charge in [-0.15, -0.1) is 0 Å². The van der Waals surface area contributed by atoms with Crippen LogP contribution < -0.4 is 0 Å². The minimum atomic E-state index is 0.955. The summed E-state index contributed by atoms with van der Waals surface area (Å²) in [5.74, 6) is 0. The van der Waals surface area contributed by atoms with E-state index in [0.717, 1.165) is 33.8 Å². The molecule has 0 saturated carbocycles. The number of para-hydroxylation sites is 2. The maximum atomic E-state index is 5.35. The maximum Gasteiger partial charge on any atom is 0.0722 e. The molecule has 10 rings (SSSR count). The predicted molar refractivity (Wildman–Crippen MR) is 215 cm³/mol. The lowest BCUT2D eigenvalue weighted by Crippen LogP contribution is -1.94. The minimum Gasteiger partial charge on any atom is -0.309 e. The van der Waals surface area contributed by atoms with E-state index >= 15 is 0 Å². The van der Waals surface area contributed by atoms with Gasteiger partial charge >= 0.3 is 0 Å². The number of rotatable bonds is 5. The molecule has 10 aromatic rings. The van der Waals surface area contributed by atoms with Crippen molar-refractivity contribution >= 4 is 43.4 Å². The Balaban J connectivity index is 1.05. The summed E-state index contributed by atoms with van der Waals surface area (Å²) in [6.45, 7) is 0. The van der Waals surface area contributed by atoms with Gasteiger partial charge in [0.15, 0.2) is 0 Å². The number of fused-ring (bicyclic) bond motifs is 6. The molecule has 0 radical (unpaired) electrons. The van der Waals surface area contributed by atoms with E-state index in [-0.39, 0.29) is 0 Å². The average molecular weight is 649 g/mol. The zero-order valence-electron chi connectivity index (χ0n) is 27.9. The van der Waals surface area contributed by atoms with E-state index in [1.165, 1.54) is 60.0 Å². The topological polar surface area (TPSA) is 17.8 Å². The molecule has 2 aromatic heterocycles. The predicted octanol–water partition coefficient (Wildman–Crippen LogP) is 13.2. The molecule has 0 aliphatic heterocycles. The summed E-state index contributed by atoms with van der Waals surface area (Å²) in [5.41, 5.74) is 12.4. The van der Waals surface area contributed by atoms with Gasteiger partial charge in [0.05, 0.1) is 22.4 Å². The maximum absolute atomic E-state index is 5.35. The Bertz CT molecular complexity index is 2830. The molecule has 0 aliphatic carbocycles. The molecule has 51 heavy (non-hydrogen) atoms. The van der Waals surface area contributed by atoms with E-state index < -0.39 is 0 Å². The molecule has 0 saturated heterocycles. The van der Waals surface area contributed by atoms with Crippen molar-refractivity contribution in [1.82, 2.24) is 9.55 Å². The van der Waals surface area contributed by atoms with Crippen LogP contribution in [0.3, 0.4) is 0 Å². The van der Waals surface area contributed by atoms with Gasteiger partial charge in [-0.1, -0.05) is 152 Å². The fourth-order valence-electron chi connectivity index (χ4n) is 7.72. The van der Waals surface area contributed by atoms with E-state index in [1.807, 2.05) is 0 Å². The summed E-state index contributed by atoms with van der Waals surface area (Å²) < 4.78 is 2.36. The van der Waals surface area contributed by atoms with Crippen molar-refractivity contribution in [2.24, 2.45) is 0 Å². The highest BCUT2D eigenvalue weighted by molar-refractivity contribution is 6.13. The van der Waals surface area contributed by atoms with E-state index in [9.17, 15) is 0 Å². The summed E-state index contributed by atoms with van der Waals surface area (Å²) in [7, 11) is 0. The highest BCUT2D eigenvalue weighted by Crippen LogP contribution is 2.38. The lowest BCUT2D eigenvalue weighted by molar-refractivity contribution is 1.18. The molecule has 0 unspecified atom stereocenters. The van der Waals surface area contributed by atoms with Crippen molar-refractivity contribution in [3.8, 4) is 50.5 Å². The van der Waals surface area contributed by atoms with Gasteiger partial charge in [0.25, 0.3) is 0 Å². The first kappa shape index (κ1) is 29.2. The highest BCUT2D eigenvalue weighted by Gasteiger charge is 2.15. The Morgan fingerprint density at radius 2 is 0.804 bits per heavy atom. The average Bonchev–Trinajstić information content (AvgIpc) is 3.55. The van der Waals surface area contributed by atoms with Crippen LogP contribution in [0.15, 0.2) is 194 Å². The van der Waals surface area contributed by atoms with E-state index in [4.69, 9.17) is 4.98 Å². The fourth-order valence-corrected chi connectivity index (χ4v) is 7.72. The van der Waals surface area contributed by atoms with Gasteiger partial charge in [0.1, 0.15) is 0 Å². The molecule has 2 heterocycles. The molecule has 8 aromatic carbocycles. The van der Waals surface area contributed by atoms with Crippen LogP contribution in [-0.4, -0.2) is 9.55 Å². The number of pyridine rings is 1. The highest BCUT2D eigenvalue weighted by atomic mass is 15.0. The van der Waals surface area contributed by atoms with Gasteiger partial charge in [-0.25, -0.2) is 4.98 Å². The second-order valence-electron chi connectivity index (χ2n) is 13.2. The Labute approximate surface area is 296 Å². The van der Waals surface area contributed by atoms with Crippen LogP contribution in [-0.2, 0) is 0 Å². The lowest BCUT2D eigenvalue weighted by atomic mass is 9.93. The third-order valence-corrected chi connectivity index (χ3v) is 10.2. The fraction of sp³-hybridized carbons (Fsp3) is 0. The largest absolute Gasteiger partial charge is 0.309 e. The molecule has 2 nitrogen and oxygen atoms in total. The molecule has 2 heteroatoms. The SMILES string of the molecule is c1ccc(-c2cc(-c3ccc(-c4ccc(-n5c6ccccc6c6ccccc65)cc4)cc3)nc(-c3cc4ccccc4c4ccccc34)c2)cc1. The number of hydrogen-bond acceptors (Lipinski definition) is 1. The van der Waals surface area contributed by atoms with Gasteiger partial charge in [-0.3, -0.25) is 0 Å². The summed E-state index contributed by atoms with van der Waals surface area (Å²) in [6, 6.07) is 69.7. The summed E-state index contributed by atoms with van der Waals surface area (Å²) in [6.07, 6.45) is 0. The Kier molecular flexibility index (Phi) is 6.85. The monoisotopic (exact) mass is 648 g/mol. The minimum absolute atomic E-state index is 0.955. The van der Waals surface area contributed by atoms with Crippen molar-refractivity contribution < 1.29 is 0 Å². The molecule has 0 amide bonds. The van der Waals surface area contributed by atoms with Gasteiger partial charge in [-0.2, -0.15) is 0 Å². The van der Waals surface area contributed by atoms with Gasteiger partial charge in [0.2, 0.25) is 0 Å². The molecular weight excluding hydrogens is 617 g/mol. The quantitative estimate of drug-likeness (QED) is 0.170. The molecule has 0 atom stereocenters. The molecule has 0 fully saturated rings. The van der Waals surface area contributed by atoms with Crippen LogP contribution >= 0.6 is 0 Å². The second-order valence-corrected chi connectivity index (χ2v) is 13.2. The summed E-state index contributed by atoms with van der Waals surface area (Å²) in [5, 5.41) is 7.47. The molecule has 0 spiro atoms. The number of nitrogens with zero attached hydrogens (tertiary/aromatic N) is 2. The van der Waals surface area contributed by atoms with Gasteiger partial charge in [-0.05, 0) is 86.3 Å². The van der Waals surface area contributed by atoms with E-state index in [1.54, 1.807) is 0 Å². The smallest absolute Gasteiger partial charge is 0.0722 e. The van der Waals surface area contributed by atoms with E-state index in [0.29, 0.717) is 0 Å². The molecular formula is C49H32N2. The van der Waals surface area contributed by atoms with Crippen LogP contribution in [0, 0.1) is 0 Å².